The summed E-state index contributed by atoms with van der Waals surface area (Å²) in [5, 5.41) is 0. The van der Waals surface area contributed by atoms with Crippen molar-refractivity contribution < 1.29 is 0 Å². The third kappa shape index (κ3) is 7.90. The van der Waals surface area contributed by atoms with Crippen molar-refractivity contribution in [2.24, 2.45) is 17.3 Å². The van der Waals surface area contributed by atoms with Gasteiger partial charge in [0, 0.05) is 39.6 Å². The van der Waals surface area contributed by atoms with E-state index in [-0.39, 0.29) is 39.7 Å². The highest BCUT2D eigenvalue weighted by molar-refractivity contribution is 6.94. The van der Waals surface area contributed by atoms with Gasteiger partial charge < -0.3 is 9.80 Å². The molecular formula is C65H75BN2. The zero-order valence-electron chi connectivity index (χ0n) is 43.3. The van der Waals surface area contributed by atoms with Crippen LogP contribution in [-0.2, 0) is 21.7 Å². The number of allylic oxidation sites excluding steroid dienone is 15. The van der Waals surface area contributed by atoms with E-state index in [0.29, 0.717) is 5.92 Å². The summed E-state index contributed by atoms with van der Waals surface area (Å²) in [5.74, 6) is 0.698. The predicted octanol–water partition coefficient (Wildman–Crippen LogP) is 15.9. The van der Waals surface area contributed by atoms with Gasteiger partial charge >= 0.3 is 0 Å². The van der Waals surface area contributed by atoms with Crippen molar-refractivity contribution in [2.45, 2.75) is 143 Å². The Balaban J connectivity index is 1.26. The normalized spacial score (nSPS) is 20.6. The van der Waals surface area contributed by atoms with E-state index >= 15 is 0 Å². The lowest BCUT2D eigenvalue weighted by Gasteiger charge is -2.51. The Hall–Kier alpha value is -5.54. The molecule has 348 valence electrons. The second-order valence-electron chi connectivity index (χ2n) is 24.5. The fourth-order valence-corrected chi connectivity index (χ4v) is 12.4. The van der Waals surface area contributed by atoms with Crippen LogP contribution in [0, 0.1) is 17.3 Å². The monoisotopic (exact) mass is 895 g/mol. The summed E-state index contributed by atoms with van der Waals surface area (Å²) in [6.07, 6.45) is 30.3. The van der Waals surface area contributed by atoms with Crippen LogP contribution < -0.4 is 20.7 Å². The maximum Gasteiger partial charge on any atom is 0.251 e. The lowest BCUT2D eigenvalue weighted by molar-refractivity contribution is 0.302. The van der Waals surface area contributed by atoms with E-state index in [1.165, 1.54) is 78.4 Å². The molecule has 2 heterocycles. The van der Waals surface area contributed by atoms with Gasteiger partial charge in [-0.1, -0.05) is 216 Å². The molecule has 0 aromatic heterocycles. The molecule has 6 aliphatic rings. The van der Waals surface area contributed by atoms with Crippen LogP contribution in [0.4, 0.5) is 17.1 Å². The molecule has 0 saturated carbocycles. The van der Waals surface area contributed by atoms with E-state index < -0.39 is 0 Å². The van der Waals surface area contributed by atoms with Crippen LogP contribution in [0.25, 0.3) is 0 Å². The van der Waals surface area contributed by atoms with Gasteiger partial charge in [-0.15, -0.1) is 0 Å². The van der Waals surface area contributed by atoms with Gasteiger partial charge in [0.15, 0.2) is 0 Å². The minimum Gasteiger partial charge on any atom is -0.315 e. The molecule has 2 aliphatic heterocycles. The van der Waals surface area contributed by atoms with Crippen LogP contribution in [0.2, 0.25) is 0 Å². The van der Waals surface area contributed by atoms with E-state index in [1.807, 2.05) is 0 Å². The first kappa shape index (κ1) is 46.2. The molecule has 4 aromatic carbocycles. The average Bonchev–Trinajstić information content (AvgIpc) is 3.33. The lowest BCUT2D eigenvalue weighted by atomic mass is 9.31. The SMILES string of the molecule is CC(C)(C)c1cccc(N2C3=C4B(c5cc(C(C)(C)C6C=CC=CC6)ccc5N(C5=CC=C(C(C)(C)c6ccccc6)CC5)C4=CC(C(C)(C)C4=CC=CCC4)C3)c3ccc(C(C)(C)C)cc32)c1. The summed E-state index contributed by atoms with van der Waals surface area (Å²) < 4.78 is 0. The quantitative estimate of drug-likeness (QED) is 0.163. The van der Waals surface area contributed by atoms with Crippen molar-refractivity contribution in [3.63, 3.8) is 0 Å². The molecule has 68 heavy (non-hydrogen) atoms. The van der Waals surface area contributed by atoms with Crippen LogP contribution in [0.5, 0.6) is 0 Å². The van der Waals surface area contributed by atoms with Gasteiger partial charge in [0.2, 0.25) is 0 Å². The molecular weight excluding hydrogens is 820 g/mol. The number of rotatable bonds is 8. The van der Waals surface area contributed by atoms with E-state index in [1.54, 1.807) is 5.57 Å². The first-order valence-electron chi connectivity index (χ1n) is 25.9. The fraction of sp³-hybridized carbons (Fsp3) is 0.385. The summed E-state index contributed by atoms with van der Waals surface area (Å²) in [6, 6.07) is 35.8. The molecule has 2 atom stereocenters. The number of nitrogens with zero attached hydrogens (tertiary/aromatic N) is 2. The molecule has 0 spiro atoms. The number of anilines is 3. The van der Waals surface area contributed by atoms with Gasteiger partial charge in [-0.3, -0.25) is 0 Å². The Morgan fingerprint density at radius 3 is 1.94 bits per heavy atom. The molecule has 4 aliphatic carbocycles. The average molecular weight is 895 g/mol. The fourth-order valence-electron chi connectivity index (χ4n) is 12.4. The second kappa shape index (κ2) is 16.9. The van der Waals surface area contributed by atoms with Crippen molar-refractivity contribution in [3.8, 4) is 0 Å². The standard InChI is InChI=1S/C65H75BN2/c1-61(2,3)48-29-22-30-53(39-48)68-57-41-49(62(4,5)6)33-37-54(57)66-55-40-50(64(9,10)45-25-18-14-19-26-45)34-38-56(55)67(52-35-31-47(32-36-52)63(7,8)44-23-16-13-17-24-44)58-42-51(43-59(68)60(58)66)65(11,12)46-27-20-15-21-28-46/h13-20,22-25,27,29-31,33-35,37-42,45,51H,21,26,28,32,36,43H2,1-12H3. The van der Waals surface area contributed by atoms with E-state index in [2.05, 4.69) is 245 Å². The Bertz CT molecular complexity index is 2900. The molecule has 0 radical (unpaired) electrons. The Morgan fingerprint density at radius 2 is 1.26 bits per heavy atom. The first-order chi connectivity index (χ1) is 32.3. The van der Waals surface area contributed by atoms with Crippen molar-refractivity contribution in [3.05, 3.63) is 208 Å². The molecule has 0 saturated heterocycles. The highest BCUT2D eigenvalue weighted by Crippen LogP contribution is 2.54. The summed E-state index contributed by atoms with van der Waals surface area (Å²) in [5.41, 5.74) is 20.9. The lowest BCUT2D eigenvalue weighted by Crippen LogP contribution is -2.58. The third-order valence-electron chi connectivity index (χ3n) is 17.3. The van der Waals surface area contributed by atoms with Gasteiger partial charge in [-0.05, 0) is 141 Å². The van der Waals surface area contributed by atoms with Crippen LogP contribution in [0.3, 0.4) is 0 Å². The number of fused-ring (bicyclic) bond motifs is 4. The van der Waals surface area contributed by atoms with Crippen LogP contribution in [0.1, 0.15) is 144 Å². The van der Waals surface area contributed by atoms with Gasteiger partial charge in [0.1, 0.15) is 0 Å². The molecule has 4 aromatic rings. The van der Waals surface area contributed by atoms with Gasteiger partial charge in [0.25, 0.3) is 6.71 Å². The number of hydrogen-bond donors (Lipinski definition) is 0. The molecule has 2 nitrogen and oxygen atoms in total. The van der Waals surface area contributed by atoms with Crippen molar-refractivity contribution in [2.75, 3.05) is 9.80 Å². The zero-order chi connectivity index (χ0) is 48.0. The Kier molecular flexibility index (Phi) is 11.5. The van der Waals surface area contributed by atoms with Crippen molar-refractivity contribution in [1.29, 1.82) is 0 Å². The van der Waals surface area contributed by atoms with Crippen molar-refractivity contribution in [1.82, 2.24) is 0 Å². The smallest absolute Gasteiger partial charge is 0.251 e. The molecule has 0 amide bonds. The summed E-state index contributed by atoms with van der Waals surface area (Å²) in [7, 11) is 0. The van der Waals surface area contributed by atoms with E-state index in [0.717, 1.165) is 38.5 Å². The van der Waals surface area contributed by atoms with Crippen molar-refractivity contribution >= 4 is 34.7 Å². The summed E-state index contributed by atoms with van der Waals surface area (Å²) in [6.45, 7) is 29.1. The van der Waals surface area contributed by atoms with Gasteiger partial charge in [-0.25, -0.2) is 0 Å². The highest BCUT2D eigenvalue weighted by Gasteiger charge is 2.50. The summed E-state index contributed by atoms with van der Waals surface area (Å²) >= 11 is 0. The predicted molar refractivity (Wildman–Crippen MR) is 294 cm³/mol. The molecule has 0 fully saturated rings. The minimum atomic E-state index is -0.0617. The Labute approximate surface area is 410 Å². The van der Waals surface area contributed by atoms with Crippen LogP contribution in [0.15, 0.2) is 185 Å². The maximum atomic E-state index is 2.75. The first-order valence-corrected chi connectivity index (χ1v) is 25.9. The number of benzene rings is 4. The largest absolute Gasteiger partial charge is 0.315 e. The van der Waals surface area contributed by atoms with Gasteiger partial charge in [-0.2, -0.15) is 0 Å². The minimum absolute atomic E-state index is 0.00730. The van der Waals surface area contributed by atoms with Gasteiger partial charge in [0.05, 0.1) is 0 Å². The number of hydrogen-bond acceptors (Lipinski definition) is 2. The Morgan fingerprint density at radius 1 is 0.529 bits per heavy atom. The molecule has 3 heteroatoms. The molecule has 0 bridgehead atoms. The maximum absolute atomic E-state index is 2.75. The zero-order valence-corrected chi connectivity index (χ0v) is 43.3. The van der Waals surface area contributed by atoms with E-state index in [9.17, 15) is 0 Å². The van der Waals surface area contributed by atoms with Crippen LogP contribution in [-0.4, -0.2) is 6.71 Å². The third-order valence-corrected chi connectivity index (χ3v) is 17.3. The molecule has 0 N–H and O–H groups in total. The summed E-state index contributed by atoms with van der Waals surface area (Å²) in [4.78, 5) is 5.49. The topological polar surface area (TPSA) is 6.48 Å². The highest BCUT2D eigenvalue weighted by atomic mass is 15.2. The molecule has 10 rings (SSSR count). The second-order valence-corrected chi connectivity index (χ2v) is 24.5. The molecule has 2 unspecified atom stereocenters. The van der Waals surface area contributed by atoms with Crippen LogP contribution >= 0.6 is 0 Å². The van der Waals surface area contributed by atoms with E-state index in [4.69, 9.17) is 0 Å².